The highest BCUT2D eigenvalue weighted by Crippen LogP contribution is 2.08. The fourth-order valence-corrected chi connectivity index (χ4v) is 1.63. The average molecular weight is 212 g/mol. The zero-order chi connectivity index (χ0) is 10.8. The fraction of sp³-hybridized carbons (Fsp3) is 0.444. The van der Waals surface area contributed by atoms with E-state index in [1.54, 1.807) is 39.1 Å². The highest BCUT2D eigenvalue weighted by molar-refractivity contribution is 6.44. The van der Waals surface area contributed by atoms with Crippen molar-refractivity contribution in [3.8, 4) is 0 Å². The third-order valence-corrected chi connectivity index (χ3v) is 2.44. The second-order valence-electron chi connectivity index (χ2n) is 3.99. The molecular weight excluding hydrogens is 198 g/mol. The molecule has 1 aromatic rings. The molecule has 14 heavy (non-hydrogen) atoms. The van der Waals surface area contributed by atoms with Crippen molar-refractivity contribution in [3.05, 3.63) is 18.3 Å². The molecule has 0 aliphatic heterocycles. The highest BCUT2D eigenvalue weighted by Gasteiger charge is 2.18. The van der Waals surface area contributed by atoms with Crippen LogP contribution in [0.2, 0.25) is 0 Å². The quantitative estimate of drug-likeness (QED) is 0.633. The van der Waals surface area contributed by atoms with Crippen molar-refractivity contribution in [1.82, 2.24) is 4.57 Å². The smallest absolute Gasteiger partial charge is 0.418 e. The standard InChI is InChI=1S/C9H14NO3Si/c1-9(2,3)13-8(11)10-6-4-5-7(10)14-12/h4-6H,14H2,1-3H3. The minimum atomic E-state index is -1.58. The molecule has 77 valence electrons. The Labute approximate surface area is 85.4 Å². The summed E-state index contributed by atoms with van der Waals surface area (Å²) in [5.74, 6) is 0. The van der Waals surface area contributed by atoms with Crippen molar-refractivity contribution in [2.24, 2.45) is 0 Å². The maximum absolute atomic E-state index is 11.5. The minimum Gasteiger partial charge on any atom is -0.443 e. The van der Waals surface area contributed by atoms with Crippen LogP contribution in [0, 0.1) is 0 Å². The number of carbonyl (C=O) groups is 1. The van der Waals surface area contributed by atoms with Crippen LogP contribution in [0.5, 0.6) is 0 Å². The van der Waals surface area contributed by atoms with Gasteiger partial charge in [0.05, 0.1) is 0 Å². The number of hydrogen-bond donors (Lipinski definition) is 0. The predicted octanol–water partition coefficient (Wildman–Crippen LogP) is 0.411. The molecule has 0 saturated heterocycles. The van der Waals surface area contributed by atoms with Crippen LogP contribution >= 0.6 is 0 Å². The van der Waals surface area contributed by atoms with E-state index < -0.39 is 21.5 Å². The van der Waals surface area contributed by atoms with E-state index in [2.05, 4.69) is 0 Å². The van der Waals surface area contributed by atoms with Crippen LogP contribution in [0.25, 0.3) is 0 Å². The summed E-state index contributed by atoms with van der Waals surface area (Å²) in [5.41, 5.74) is -0.525. The van der Waals surface area contributed by atoms with Gasteiger partial charge in [-0.15, -0.1) is 0 Å². The van der Waals surface area contributed by atoms with Crippen molar-refractivity contribution >= 4 is 21.2 Å². The van der Waals surface area contributed by atoms with Crippen LogP contribution in [0.1, 0.15) is 20.8 Å². The number of carbonyl (C=O) groups excluding carboxylic acids is 1. The maximum atomic E-state index is 11.5. The van der Waals surface area contributed by atoms with Crippen LogP contribution in [0.15, 0.2) is 18.3 Å². The lowest BCUT2D eigenvalue weighted by Gasteiger charge is -2.20. The molecule has 0 spiro atoms. The van der Waals surface area contributed by atoms with Gasteiger partial charge in [-0.05, 0) is 32.9 Å². The van der Waals surface area contributed by atoms with Crippen LogP contribution < -0.4 is 5.32 Å². The summed E-state index contributed by atoms with van der Waals surface area (Å²) in [6.45, 7) is 5.38. The Bertz CT molecular complexity index is 327. The largest absolute Gasteiger partial charge is 0.443 e. The van der Waals surface area contributed by atoms with Crippen molar-refractivity contribution in [3.63, 3.8) is 0 Å². The van der Waals surface area contributed by atoms with Crippen molar-refractivity contribution in [1.29, 1.82) is 0 Å². The second kappa shape index (κ2) is 3.98. The molecule has 0 bridgehead atoms. The van der Waals surface area contributed by atoms with Crippen molar-refractivity contribution in [2.75, 3.05) is 0 Å². The number of nitrogens with zero attached hydrogens (tertiary/aromatic N) is 1. The molecule has 0 aliphatic rings. The zero-order valence-corrected chi connectivity index (χ0v) is 10.0. The third-order valence-electron chi connectivity index (χ3n) is 1.57. The molecule has 0 saturated carbocycles. The first-order valence-corrected chi connectivity index (χ1v) is 5.70. The second-order valence-corrected chi connectivity index (χ2v) is 5.01. The Balaban J connectivity index is 2.80. The van der Waals surface area contributed by atoms with E-state index in [4.69, 9.17) is 4.74 Å². The molecule has 1 aromatic heterocycles. The SMILES string of the molecule is CC(C)(C)OC(=O)n1cccc1[SiH2][O]. The minimum absolute atomic E-state index is 0.471. The zero-order valence-electron chi connectivity index (χ0n) is 8.61. The average Bonchev–Trinajstić information content (AvgIpc) is 2.47. The summed E-state index contributed by atoms with van der Waals surface area (Å²) < 4.78 is 6.43. The molecule has 0 aliphatic carbocycles. The molecule has 0 unspecified atom stereocenters. The van der Waals surface area contributed by atoms with Gasteiger partial charge in [-0.1, -0.05) is 0 Å². The number of aromatic nitrogens is 1. The molecule has 4 nitrogen and oxygen atoms in total. The molecular formula is C9H14NO3Si. The van der Waals surface area contributed by atoms with Gasteiger partial charge in [0.15, 0.2) is 0 Å². The van der Waals surface area contributed by atoms with Crippen LogP contribution in [-0.4, -0.2) is 26.0 Å². The third kappa shape index (κ3) is 2.71. The van der Waals surface area contributed by atoms with Crippen molar-refractivity contribution < 1.29 is 14.3 Å². The van der Waals surface area contributed by atoms with Gasteiger partial charge in [-0.3, -0.25) is 9.36 Å². The summed E-state index contributed by atoms with van der Waals surface area (Å²) >= 11 is 0. The lowest BCUT2D eigenvalue weighted by Crippen LogP contribution is -2.33. The van der Waals surface area contributed by atoms with E-state index in [0.29, 0.717) is 5.32 Å². The van der Waals surface area contributed by atoms with Gasteiger partial charge < -0.3 is 4.74 Å². The Hall–Kier alpha value is -1.07. The first-order valence-electron chi connectivity index (χ1n) is 4.42. The van der Waals surface area contributed by atoms with Crippen LogP contribution in [0.4, 0.5) is 4.79 Å². The monoisotopic (exact) mass is 212 g/mol. The molecule has 0 amide bonds. The Morgan fingerprint density at radius 2 is 2.14 bits per heavy atom. The van der Waals surface area contributed by atoms with Gasteiger partial charge >= 0.3 is 6.09 Å². The summed E-state index contributed by atoms with van der Waals surface area (Å²) in [4.78, 5) is 22.3. The predicted molar refractivity (Wildman–Crippen MR) is 54.9 cm³/mol. The normalized spacial score (nSPS) is 12.3. The molecule has 0 atom stereocenters. The molecule has 0 fully saturated rings. The summed E-state index contributed by atoms with van der Waals surface area (Å²) in [6.07, 6.45) is 1.09. The maximum Gasteiger partial charge on any atom is 0.418 e. The van der Waals surface area contributed by atoms with E-state index >= 15 is 0 Å². The van der Waals surface area contributed by atoms with Crippen molar-refractivity contribution in [2.45, 2.75) is 26.4 Å². The number of ether oxygens (including phenoxy) is 1. The first-order chi connectivity index (χ1) is 6.44. The van der Waals surface area contributed by atoms with E-state index in [9.17, 15) is 9.59 Å². The number of hydrogen-bond acceptors (Lipinski definition) is 2. The van der Waals surface area contributed by atoms with E-state index in [1.165, 1.54) is 4.57 Å². The Morgan fingerprint density at radius 3 is 2.64 bits per heavy atom. The van der Waals surface area contributed by atoms with Gasteiger partial charge in [0.2, 0.25) is 0 Å². The summed E-state index contributed by atoms with van der Waals surface area (Å²) in [7, 11) is -1.58. The van der Waals surface area contributed by atoms with E-state index in [-0.39, 0.29) is 0 Å². The molecule has 1 heterocycles. The lowest BCUT2D eigenvalue weighted by atomic mass is 10.2. The van der Waals surface area contributed by atoms with E-state index in [1.807, 2.05) is 0 Å². The number of rotatable bonds is 1. The van der Waals surface area contributed by atoms with Gasteiger partial charge in [0, 0.05) is 11.5 Å². The highest BCUT2D eigenvalue weighted by atomic mass is 28.2. The topological polar surface area (TPSA) is 51.1 Å². The van der Waals surface area contributed by atoms with Gasteiger partial charge in [0.25, 0.3) is 9.76 Å². The van der Waals surface area contributed by atoms with Crippen LogP contribution in [-0.2, 0) is 9.53 Å². The summed E-state index contributed by atoms with van der Waals surface area (Å²) in [5, 5.41) is 0.555. The molecule has 1 radical (unpaired) electrons. The Morgan fingerprint density at radius 1 is 1.50 bits per heavy atom. The van der Waals surface area contributed by atoms with Crippen LogP contribution in [0.3, 0.4) is 0 Å². The Kier molecular flexibility index (Phi) is 3.12. The molecule has 1 rings (SSSR count). The summed E-state index contributed by atoms with van der Waals surface area (Å²) in [6, 6.07) is 3.35. The first kappa shape index (κ1) is 11.0. The lowest BCUT2D eigenvalue weighted by molar-refractivity contribution is 0.0541. The van der Waals surface area contributed by atoms with Gasteiger partial charge in [-0.25, -0.2) is 4.79 Å². The molecule has 0 N–H and O–H groups in total. The fourth-order valence-electron chi connectivity index (χ4n) is 1.02. The van der Waals surface area contributed by atoms with Gasteiger partial charge in [-0.2, -0.15) is 0 Å². The molecule has 0 aromatic carbocycles. The van der Waals surface area contributed by atoms with Gasteiger partial charge in [0.1, 0.15) is 5.60 Å². The van der Waals surface area contributed by atoms with E-state index in [0.717, 1.165) is 0 Å². The molecule has 5 heteroatoms.